The molecule has 0 N–H and O–H groups in total. The molecule has 0 aliphatic carbocycles. The number of carbonyl (C=O) groups excluding carboxylic acids is 1. The minimum Gasteiger partial charge on any atom is -0.438 e. The number of hydrogen-bond donors (Lipinski definition) is 0. The summed E-state index contributed by atoms with van der Waals surface area (Å²) in [6.45, 7) is 6.29. The summed E-state index contributed by atoms with van der Waals surface area (Å²) in [5.41, 5.74) is 1.62. The van der Waals surface area contributed by atoms with Crippen LogP contribution in [0.1, 0.15) is 36.9 Å². The topological polar surface area (TPSA) is 29.5 Å². The van der Waals surface area contributed by atoms with Crippen LogP contribution in [0.2, 0.25) is 0 Å². The molecule has 32 heavy (non-hydrogen) atoms. The van der Waals surface area contributed by atoms with Gasteiger partial charge >= 0.3 is 6.09 Å². The lowest BCUT2D eigenvalue weighted by Gasteiger charge is -2.43. The van der Waals surface area contributed by atoms with Crippen LogP contribution in [0.5, 0.6) is 0 Å². The van der Waals surface area contributed by atoms with Gasteiger partial charge < -0.3 is 9.64 Å². The molecule has 0 aromatic heterocycles. The van der Waals surface area contributed by atoms with Gasteiger partial charge in [-0.1, -0.05) is 36.4 Å². The van der Waals surface area contributed by atoms with E-state index in [0.29, 0.717) is 30.5 Å². The first-order valence-electron chi connectivity index (χ1n) is 10.4. The van der Waals surface area contributed by atoms with Gasteiger partial charge in [-0.05, 0) is 61.2 Å². The second-order valence-electron chi connectivity index (χ2n) is 7.98. The SMILES string of the molecule is [CH2]C[C@]1(c2ccc(F)cc2)CCN([C@@H](C)c2ccc(-c3ccc(F)cc3F)cc2)C(=O)O1. The molecule has 3 aromatic carbocycles. The third kappa shape index (κ3) is 4.09. The van der Waals surface area contributed by atoms with E-state index in [4.69, 9.17) is 4.74 Å². The number of cyclic esters (lactones) is 1. The molecule has 1 aliphatic heterocycles. The maximum absolute atomic E-state index is 14.1. The van der Waals surface area contributed by atoms with E-state index in [1.807, 2.05) is 19.1 Å². The summed E-state index contributed by atoms with van der Waals surface area (Å²) < 4.78 is 46.4. The Hall–Kier alpha value is -3.28. The Labute approximate surface area is 185 Å². The molecule has 165 valence electrons. The van der Waals surface area contributed by atoms with Gasteiger partial charge in [0.15, 0.2) is 0 Å². The predicted octanol–water partition coefficient (Wildman–Crippen LogP) is 6.79. The van der Waals surface area contributed by atoms with Crippen molar-refractivity contribution in [3.63, 3.8) is 0 Å². The van der Waals surface area contributed by atoms with E-state index < -0.39 is 23.3 Å². The van der Waals surface area contributed by atoms with Crippen LogP contribution in [0.4, 0.5) is 18.0 Å². The van der Waals surface area contributed by atoms with E-state index in [-0.39, 0.29) is 11.9 Å². The third-order valence-electron chi connectivity index (χ3n) is 6.15. The van der Waals surface area contributed by atoms with Crippen LogP contribution in [0.3, 0.4) is 0 Å². The van der Waals surface area contributed by atoms with Crippen molar-refractivity contribution in [1.82, 2.24) is 4.90 Å². The highest BCUT2D eigenvalue weighted by Crippen LogP contribution is 2.39. The summed E-state index contributed by atoms with van der Waals surface area (Å²) in [5.74, 6) is -1.61. The van der Waals surface area contributed by atoms with Gasteiger partial charge in [0.25, 0.3) is 0 Å². The molecular formula is C26H23F3NO2. The standard InChI is InChI=1S/C26H23F3NO2/c1-3-26(20-8-10-21(27)11-9-20)14-15-30(25(31)32-26)17(2)18-4-6-19(7-5-18)23-13-12-22(28)16-24(23)29/h4-13,16-17H,1,3,14-15H2,2H3/t17-,26+/m0/s1. The molecule has 0 saturated carbocycles. The molecule has 0 unspecified atom stereocenters. The molecule has 1 fully saturated rings. The highest BCUT2D eigenvalue weighted by Gasteiger charge is 2.42. The fourth-order valence-corrected chi connectivity index (χ4v) is 4.14. The lowest BCUT2D eigenvalue weighted by Crippen LogP contribution is -2.48. The van der Waals surface area contributed by atoms with Crippen LogP contribution in [-0.2, 0) is 10.3 Å². The Kier molecular flexibility index (Phi) is 5.96. The summed E-state index contributed by atoms with van der Waals surface area (Å²) in [4.78, 5) is 14.5. The van der Waals surface area contributed by atoms with Gasteiger partial charge in [0.05, 0.1) is 6.04 Å². The van der Waals surface area contributed by atoms with Crippen LogP contribution in [0.25, 0.3) is 11.1 Å². The highest BCUT2D eigenvalue weighted by atomic mass is 19.1. The number of halogens is 3. The molecule has 3 nitrogen and oxygen atoms in total. The van der Waals surface area contributed by atoms with Crippen LogP contribution in [-0.4, -0.2) is 17.5 Å². The summed E-state index contributed by atoms with van der Waals surface area (Å²) in [5, 5.41) is 0. The second kappa shape index (κ2) is 8.69. The molecule has 1 radical (unpaired) electrons. The average Bonchev–Trinajstić information content (AvgIpc) is 2.79. The first-order valence-corrected chi connectivity index (χ1v) is 10.4. The van der Waals surface area contributed by atoms with Crippen LogP contribution < -0.4 is 0 Å². The van der Waals surface area contributed by atoms with Crippen molar-refractivity contribution in [2.75, 3.05) is 6.54 Å². The van der Waals surface area contributed by atoms with E-state index in [2.05, 4.69) is 6.92 Å². The third-order valence-corrected chi connectivity index (χ3v) is 6.15. The van der Waals surface area contributed by atoms with Crippen molar-refractivity contribution >= 4 is 6.09 Å². The number of carbonyl (C=O) groups is 1. The number of nitrogens with zero attached hydrogens (tertiary/aromatic N) is 1. The van der Waals surface area contributed by atoms with Gasteiger partial charge in [-0.15, -0.1) is 0 Å². The molecule has 6 heteroatoms. The molecule has 4 rings (SSSR count). The highest BCUT2D eigenvalue weighted by molar-refractivity contribution is 5.70. The lowest BCUT2D eigenvalue weighted by atomic mass is 9.86. The minimum absolute atomic E-state index is 0.273. The van der Waals surface area contributed by atoms with E-state index in [1.54, 1.807) is 29.2 Å². The van der Waals surface area contributed by atoms with Gasteiger partial charge in [-0.25, -0.2) is 18.0 Å². The number of ether oxygens (including phenoxy) is 1. The van der Waals surface area contributed by atoms with Crippen LogP contribution in [0, 0.1) is 24.4 Å². The summed E-state index contributed by atoms with van der Waals surface area (Å²) in [6.07, 6.45) is 0.395. The predicted molar refractivity (Wildman–Crippen MR) is 116 cm³/mol. The van der Waals surface area contributed by atoms with Crippen molar-refractivity contribution in [1.29, 1.82) is 0 Å². The Bertz CT molecular complexity index is 1110. The minimum atomic E-state index is -0.884. The zero-order chi connectivity index (χ0) is 22.9. The van der Waals surface area contributed by atoms with Gasteiger partial charge in [0, 0.05) is 24.6 Å². The first kappa shape index (κ1) is 21.9. The molecule has 1 amide bonds. The van der Waals surface area contributed by atoms with Crippen molar-refractivity contribution in [3.05, 3.63) is 102 Å². The Morgan fingerprint density at radius 2 is 1.66 bits per heavy atom. The van der Waals surface area contributed by atoms with E-state index >= 15 is 0 Å². The van der Waals surface area contributed by atoms with Crippen molar-refractivity contribution in [2.45, 2.75) is 31.4 Å². The molecular weight excluding hydrogens is 415 g/mol. The summed E-state index contributed by atoms with van der Waals surface area (Å²) in [6, 6.07) is 16.3. The Balaban J connectivity index is 1.51. The molecule has 3 aromatic rings. The number of hydrogen-bond acceptors (Lipinski definition) is 2. The van der Waals surface area contributed by atoms with E-state index in [1.165, 1.54) is 24.3 Å². The molecule has 1 heterocycles. The molecule has 1 saturated heterocycles. The molecule has 1 aliphatic rings. The Morgan fingerprint density at radius 3 is 2.25 bits per heavy atom. The quantitative estimate of drug-likeness (QED) is 0.439. The maximum atomic E-state index is 14.1. The van der Waals surface area contributed by atoms with E-state index in [9.17, 15) is 18.0 Å². The average molecular weight is 438 g/mol. The van der Waals surface area contributed by atoms with Gasteiger partial charge in [0.1, 0.15) is 23.1 Å². The summed E-state index contributed by atoms with van der Waals surface area (Å²) >= 11 is 0. The van der Waals surface area contributed by atoms with Gasteiger partial charge in [-0.3, -0.25) is 0 Å². The monoisotopic (exact) mass is 438 g/mol. The van der Waals surface area contributed by atoms with Crippen molar-refractivity contribution in [3.8, 4) is 11.1 Å². The lowest BCUT2D eigenvalue weighted by molar-refractivity contribution is -0.0593. The first-order chi connectivity index (χ1) is 15.3. The Morgan fingerprint density at radius 1 is 1.00 bits per heavy atom. The molecule has 0 bridgehead atoms. The zero-order valence-corrected chi connectivity index (χ0v) is 17.7. The zero-order valence-electron chi connectivity index (χ0n) is 17.7. The molecule has 2 atom stereocenters. The second-order valence-corrected chi connectivity index (χ2v) is 7.98. The fourth-order valence-electron chi connectivity index (χ4n) is 4.14. The van der Waals surface area contributed by atoms with Crippen molar-refractivity contribution in [2.24, 2.45) is 0 Å². The number of benzene rings is 3. The molecule has 0 spiro atoms. The smallest absolute Gasteiger partial charge is 0.411 e. The number of amides is 1. The maximum Gasteiger partial charge on any atom is 0.411 e. The largest absolute Gasteiger partial charge is 0.438 e. The number of rotatable bonds is 5. The van der Waals surface area contributed by atoms with Crippen molar-refractivity contribution < 1.29 is 22.7 Å². The van der Waals surface area contributed by atoms with Gasteiger partial charge in [-0.2, -0.15) is 0 Å². The van der Waals surface area contributed by atoms with Crippen LogP contribution in [0.15, 0.2) is 66.7 Å². The van der Waals surface area contributed by atoms with E-state index in [0.717, 1.165) is 17.2 Å². The normalized spacial score (nSPS) is 19.5. The fraction of sp³-hybridized carbons (Fsp3) is 0.231. The summed E-state index contributed by atoms with van der Waals surface area (Å²) in [7, 11) is 0. The van der Waals surface area contributed by atoms with Crippen LogP contribution >= 0.6 is 0 Å². The van der Waals surface area contributed by atoms with Gasteiger partial charge in [0.2, 0.25) is 0 Å².